The third kappa shape index (κ3) is 3.91. The number of furan rings is 1. The SMILES string of the molecule is CC(C)c1ccc(NC(=O)CSc2nnc3ccc(-c4ccco4)nn23)cc1. The lowest BCUT2D eigenvalue weighted by Crippen LogP contribution is -2.14. The van der Waals surface area contributed by atoms with E-state index >= 15 is 0 Å². The summed E-state index contributed by atoms with van der Waals surface area (Å²) in [6.07, 6.45) is 1.60. The number of hydrogen-bond acceptors (Lipinski definition) is 6. The van der Waals surface area contributed by atoms with Gasteiger partial charge in [-0.15, -0.1) is 10.2 Å². The predicted octanol–water partition coefficient (Wildman–Crippen LogP) is 4.24. The van der Waals surface area contributed by atoms with Crippen LogP contribution >= 0.6 is 11.8 Å². The van der Waals surface area contributed by atoms with Gasteiger partial charge in [-0.25, -0.2) is 0 Å². The third-order valence-corrected chi connectivity index (χ3v) is 5.12. The molecule has 1 aromatic carbocycles. The Morgan fingerprint density at radius 3 is 2.68 bits per heavy atom. The number of nitrogens with one attached hydrogen (secondary N) is 1. The van der Waals surface area contributed by atoms with Gasteiger partial charge < -0.3 is 9.73 Å². The molecule has 0 bridgehead atoms. The van der Waals surface area contributed by atoms with Crippen LogP contribution in [0.15, 0.2) is 64.4 Å². The van der Waals surface area contributed by atoms with Crippen LogP contribution in [0.1, 0.15) is 25.3 Å². The van der Waals surface area contributed by atoms with Crippen molar-refractivity contribution < 1.29 is 9.21 Å². The smallest absolute Gasteiger partial charge is 0.234 e. The van der Waals surface area contributed by atoms with Gasteiger partial charge in [-0.1, -0.05) is 37.7 Å². The summed E-state index contributed by atoms with van der Waals surface area (Å²) in [4.78, 5) is 12.3. The van der Waals surface area contributed by atoms with E-state index in [1.54, 1.807) is 16.8 Å². The lowest BCUT2D eigenvalue weighted by Gasteiger charge is -2.08. The molecule has 8 heteroatoms. The quantitative estimate of drug-likeness (QED) is 0.493. The molecule has 0 unspecified atom stereocenters. The van der Waals surface area contributed by atoms with Gasteiger partial charge in [0, 0.05) is 5.69 Å². The van der Waals surface area contributed by atoms with Crippen LogP contribution in [-0.4, -0.2) is 31.5 Å². The zero-order chi connectivity index (χ0) is 19.5. The standard InChI is InChI=1S/C20H19N5O2S/c1-13(2)14-5-7-15(8-6-14)21-19(26)12-28-20-23-22-18-10-9-16(24-25(18)20)17-4-3-11-27-17/h3-11,13H,12H2,1-2H3,(H,21,26). The highest BCUT2D eigenvalue weighted by Crippen LogP contribution is 2.21. The van der Waals surface area contributed by atoms with E-state index in [4.69, 9.17) is 4.42 Å². The molecular weight excluding hydrogens is 374 g/mol. The van der Waals surface area contributed by atoms with Crippen LogP contribution < -0.4 is 5.32 Å². The topological polar surface area (TPSA) is 85.3 Å². The van der Waals surface area contributed by atoms with E-state index in [2.05, 4.69) is 34.5 Å². The lowest BCUT2D eigenvalue weighted by atomic mass is 10.0. The number of fused-ring (bicyclic) bond motifs is 1. The molecule has 0 saturated heterocycles. The van der Waals surface area contributed by atoms with Crippen molar-refractivity contribution in [3.8, 4) is 11.5 Å². The monoisotopic (exact) mass is 393 g/mol. The second kappa shape index (κ2) is 7.85. The van der Waals surface area contributed by atoms with E-state index in [1.165, 1.54) is 17.3 Å². The first-order valence-corrected chi connectivity index (χ1v) is 9.87. The molecule has 0 spiro atoms. The Balaban J connectivity index is 1.43. The van der Waals surface area contributed by atoms with E-state index in [-0.39, 0.29) is 11.7 Å². The number of aromatic nitrogens is 4. The summed E-state index contributed by atoms with van der Waals surface area (Å²) < 4.78 is 7.00. The number of carbonyl (C=O) groups is 1. The first kappa shape index (κ1) is 18.2. The van der Waals surface area contributed by atoms with E-state index in [1.807, 2.05) is 42.5 Å². The van der Waals surface area contributed by atoms with Gasteiger partial charge in [0.25, 0.3) is 0 Å². The summed E-state index contributed by atoms with van der Waals surface area (Å²) in [6, 6.07) is 15.2. The number of carbonyl (C=O) groups excluding carboxylic acids is 1. The molecule has 0 saturated carbocycles. The molecule has 142 valence electrons. The Labute approximate surface area is 166 Å². The third-order valence-electron chi connectivity index (χ3n) is 4.20. The van der Waals surface area contributed by atoms with E-state index in [0.717, 1.165) is 5.69 Å². The molecular formula is C20H19N5O2S. The molecule has 0 radical (unpaired) electrons. The molecule has 1 N–H and O–H groups in total. The van der Waals surface area contributed by atoms with Crippen molar-refractivity contribution in [1.29, 1.82) is 0 Å². The second-order valence-electron chi connectivity index (χ2n) is 6.56. The summed E-state index contributed by atoms with van der Waals surface area (Å²) >= 11 is 1.28. The lowest BCUT2D eigenvalue weighted by molar-refractivity contribution is -0.113. The van der Waals surface area contributed by atoms with E-state index < -0.39 is 0 Å². The van der Waals surface area contributed by atoms with Crippen LogP contribution in [0.5, 0.6) is 0 Å². The first-order chi connectivity index (χ1) is 13.6. The van der Waals surface area contributed by atoms with Crippen molar-refractivity contribution in [3.05, 3.63) is 60.4 Å². The maximum Gasteiger partial charge on any atom is 0.234 e. The Morgan fingerprint density at radius 2 is 1.96 bits per heavy atom. The van der Waals surface area contributed by atoms with Crippen molar-refractivity contribution in [2.24, 2.45) is 0 Å². The molecule has 0 aliphatic rings. The zero-order valence-electron chi connectivity index (χ0n) is 15.5. The number of amides is 1. The van der Waals surface area contributed by atoms with E-state index in [9.17, 15) is 4.79 Å². The number of rotatable bonds is 6. The maximum absolute atomic E-state index is 12.3. The average molecular weight is 393 g/mol. The number of benzene rings is 1. The minimum Gasteiger partial charge on any atom is -0.463 e. The van der Waals surface area contributed by atoms with Gasteiger partial charge >= 0.3 is 0 Å². The molecule has 7 nitrogen and oxygen atoms in total. The van der Waals surface area contributed by atoms with Crippen molar-refractivity contribution >= 4 is 29.0 Å². The molecule has 0 atom stereocenters. The molecule has 3 heterocycles. The van der Waals surface area contributed by atoms with Crippen molar-refractivity contribution in [3.63, 3.8) is 0 Å². The van der Waals surface area contributed by atoms with Gasteiger partial charge in [0.1, 0.15) is 5.69 Å². The highest BCUT2D eigenvalue weighted by Gasteiger charge is 2.12. The van der Waals surface area contributed by atoms with Gasteiger partial charge in [-0.05, 0) is 47.9 Å². The van der Waals surface area contributed by atoms with Gasteiger partial charge in [0.2, 0.25) is 11.1 Å². The van der Waals surface area contributed by atoms with Crippen LogP contribution in [0.3, 0.4) is 0 Å². The highest BCUT2D eigenvalue weighted by atomic mass is 32.2. The molecule has 28 heavy (non-hydrogen) atoms. The molecule has 3 aromatic heterocycles. The van der Waals surface area contributed by atoms with Crippen LogP contribution in [0.25, 0.3) is 17.1 Å². The van der Waals surface area contributed by atoms with Gasteiger partial charge in [-0.3, -0.25) is 4.79 Å². The molecule has 1 amide bonds. The largest absolute Gasteiger partial charge is 0.463 e. The highest BCUT2D eigenvalue weighted by molar-refractivity contribution is 7.99. The number of thioether (sulfide) groups is 1. The van der Waals surface area contributed by atoms with Crippen molar-refractivity contribution in [1.82, 2.24) is 19.8 Å². The predicted molar refractivity (Wildman–Crippen MR) is 108 cm³/mol. The van der Waals surface area contributed by atoms with Crippen molar-refractivity contribution in [2.75, 3.05) is 11.1 Å². The van der Waals surface area contributed by atoms with Crippen LogP contribution in [-0.2, 0) is 4.79 Å². The Kier molecular flexibility index (Phi) is 5.12. The number of hydrogen-bond donors (Lipinski definition) is 1. The Bertz CT molecular complexity index is 1090. The fourth-order valence-corrected chi connectivity index (χ4v) is 3.38. The van der Waals surface area contributed by atoms with Crippen LogP contribution in [0, 0.1) is 0 Å². The normalized spacial score (nSPS) is 11.2. The fourth-order valence-electron chi connectivity index (χ4n) is 2.69. The van der Waals surface area contributed by atoms with Gasteiger partial charge in [0.05, 0.1) is 12.0 Å². The summed E-state index contributed by atoms with van der Waals surface area (Å²) in [5.74, 6) is 1.22. The minimum absolute atomic E-state index is 0.110. The Morgan fingerprint density at radius 1 is 1.14 bits per heavy atom. The van der Waals surface area contributed by atoms with Crippen molar-refractivity contribution in [2.45, 2.75) is 24.9 Å². The molecule has 4 aromatic rings. The number of nitrogens with zero attached hydrogens (tertiary/aromatic N) is 4. The Hall–Kier alpha value is -3.13. The van der Waals surface area contributed by atoms with Crippen LogP contribution in [0.2, 0.25) is 0 Å². The number of anilines is 1. The minimum atomic E-state index is -0.110. The van der Waals surface area contributed by atoms with Gasteiger partial charge in [0.15, 0.2) is 11.4 Å². The maximum atomic E-state index is 12.3. The molecule has 4 rings (SSSR count). The molecule has 0 aliphatic carbocycles. The second-order valence-corrected chi connectivity index (χ2v) is 7.50. The molecule has 0 fully saturated rings. The van der Waals surface area contributed by atoms with Gasteiger partial charge in [-0.2, -0.15) is 9.61 Å². The summed E-state index contributed by atoms with van der Waals surface area (Å²) in [7, 11) is 0. The zero-order valence-corrected chi connectivity index (χ0v) is 16.3. The average Bonchev–Trinajstić information content (AvgIpc) is 3.36. The summed E-state index contributed by atoms with van der Waals surface area (Å²) in [5.41, 5.74) is 3.30. The summed E-state index contributed by atoms with van der Waals surface area (Å²) in [5, 5.41) is 16.2. The van der Waals surface area contributed by atoms with E-state index in [0.29, 0.717) is 28.2 Å². The first-order valence-electron chi connectivity index (χ1n) is 8.89. The summed E-state index contributed by atoms with van der Waals surface area (Å²) in [6.45, 7) is 4.27. The molecule has 0 aliphatic heterocycles. The fraction of sp³-hybridized carbons (Fsp3) is 0.200. The van der Waals surface area contributed by atoms with Crippen LogP contribution in [0.4, 0.5) is 5.69 Å².